The molecule has 1 fully saturated rings. The SMILES string of the molecule is COc1ncccc1C(=O)N1CCN(c2ccc(-c3noc(C(C)C)n3)cn2)CC1. The van der Waals surface area contributed by atoms with Crippen molar-refractivity contribution in [1.82, 2.24) is 25.0 Å². The maximum atomic E-state index is 12.8. The molecule has 9 heteroatoms. The first kappa shape index (κ1) is 19.8. The summed E-state index contributed by atoms with van der Waals surface area (Å²) in [4.78, 5) is 29.9. The smallest absolute Gasteiger partial charge is 0.259 e. The molecule has 3 aromatic heterocycles. The van der Waals surface area contributed by atoms with Crippen LogP contribution in [0.1, 0.15) is 36.0 Å². The van der Waals surface area contributed by atoms with Crippen LogP contribution in [-0.2, 0) is 0 Å². The van der Waals surface area contributed by atoms with Gasteiger partial charge in [-0.3, -0.25) is 4.79 Å². The number of nitrogens with zero attached hydrogens (tertiary/aromatic N) is 6. The van der Waals surface area contributed by atoms with E-state index in [4.69, 9.17) is 9.26 Å². The van der Waals surface area contributed by atoms with Crippen LogP contribution in [0.2, 0.25) is 0 Å². The number of piperazine rings is 1. The molecule has 0 aliphatic carbocycles. The van der Waals surface area contributed by atoms with Crippen LogP contribution >= 0.6 is 0 Å². The molecule has 0 unspecified atom stereocenters. The third-order valence-corrected chi connectivity index (χ3v) is 5.03. The lowest BCUT2D eigenvalue weighted by atomic mass is 10.2. The number of hydrogen-bond acceptors (Lipinski definition) is 8. The molecule has 30 heavy (non-hydrogen) atoms. The Balaban J connectivity index is 1.39. The van der Waals surface area contributed by atoms with Gasteiger partial charge in [-0.05, 0) is 24.3 Å². The Morgan fingerprint density at radius 3 is 2.57 bits per heavy atom. The van der Waals surface area contributed by atoms with Gasteiger partial charge in [0, 0.05) is 50.1 Å². The summed E-state index contributed by atoms with van der Waals surface area (Å²) in [5, 5.41) is 4.02. The van der Waals surface area contributed by atoms with Gasteiger partial charge in [-0.15, -0.1) is 0 Å². The zero-order chi connectivity index (χ0) is 21.1. The van der Waals surface area contributed by atoms with Gasteiger partial charge in [-0.2, -0.15) is 4.98 Å². The highest BCUT2D eigenvalue weighted by Gasteiger charge is 2.25. The summed E-state index contributed by atoms with van der Waals surface area (Å²) in [5.41, 5.74) is 1.30. The molecule has 0 radical (unpaired) electrons. The first-order valence-corrected chi connectivity index (χ1v) is 9.90. The standard InChI is InChI=1S/C21H24N6O3/c1-14(2)19-24-18(25-30-19)15-6-7-17(23-13-15)26-9-11-27(12-10-26)21(28)16-5-4-8-22-20(16)29-3/h4-8,13-14H,9-12H2,1-3H3. The van der Waals surface area contributed by atoms with Crippen molar-refractivity contribution in [3.8, 4) is 17.3 Å². The minimum atomic E-state index is -0.0685. The maximum absolute atomic E-state index is 12.8. The summed E-state index contributed by atoms with van der Waals surface area (Å²) < 4.78 is 10.5. The monoisotopic (exact) mass is 408 g/mol. The number of ether oxygens (including phenoxy) is 1. The van der Waals surface area contributed by atoms with E-state index in [9.17, 15) is 4.79 Å². The molecule has 1 aliphatic heterocycles. The van der Waals surface area contributed by atoms with Crippen LogP contribution in [0.15, 0.2) is 41.2 Å². The van der Waals surface area contributed by atoms with Crippen molar-refractivity contribution in [3.05, 3.63) is 48.1 Å². The zero-order valence-electron chi connectivity index (χ0n) is 17.3. The maximum Gasteiger partial charge on any atom is 0.259 e. The van der Waals surface area contributed by atoms with E-state index >= 15 is 0 Å². The van der Waals surface area contributed by atoms with Gasteiger partial charge in [0.15, 0.2) is 0 Å². The van der Waals surface area contributed by atoms with Crippen LogP contribution in [0.4, 0.5) is 5.82 Å². The van der Waals surface area contributed by atoms with Crippen LogP contribution in [-0.4, -0.2) is 64.2 Å². The molecule has 1 aliphatic rings. The quantitative estimate of drug-likeness (QED) is 0.635. The second-order valence-corrected chi connectivity index (χ2v) is 7.36. The number of methoxy groups -OCH3 is 1. The van der Waals surface area contributed by atoms with Crippen molar-refractivity contribution in [3.63, 3.8) is 0 Å². The number of carbonyl (C=O) groups excluding carboxylic acids is 1. The lowest BCUT2D eigenvalue weighted by Crippen LogP contribution is -2.49. The van der Waals surface area contributed by atoms with Crippen molar-refractivity contribution >= 4 is 11.7 Å². The van der Waals surface area contributed by atoms with E-state index in [1.165, 1.54) is 7.11 Å². The largest absolute Gasteiger partial charge is 0.480 e. The summed E-state index contributed by atoms with van der Waals surface area (Å²) in [7, 11) is 1.52. The highest BCUT2D eigenvalue weighted by atomic mass is 16.5. The highest BCUT2D eigenvalue weighted by molar-refractivity contribution is 5.96. The van der Waals surface area contributed by atoms with Gasteiger partial charge in [0.1, 0.15) is 11.4 Å². The Morgan fingerprint density at radius 2 is 1.93 bits per heavy atom. The average Bonchev–Trinajstić information content (AvgIpc) is 3.30. The second-order valence-electron chi connectivity index (χ2n) is 7.36. The second kappa shape index (κ2) is 8.48. The molecule has 3 aromatic rings. The molecule has 0 spiro atoms. The number of anilines is 1. The molecular formula is C21H24N6O3. The van der Waals surface area contributed by atoms with Crippen molar-refractivity contribution in [2.75, 3.05) is 38.2 Å². The Labute approximate surface area is 174 Å². The molecule has 4 heterocycles. The molecular weight excluding hydrogens is 384 g/mol. The van der Waals surface area contributed by atoms with Crippen LogP contribution in [0, 0.1) is 0 Å². The normalized spacial score (nSPS) is 14.3. The van der Waals surface area contributed by atoms with Crippen LogP contribution in [0.3, 0.4) is 0 Å². The van der Waals surface area contributed by atoms with E-state index in [1.54, 1.807) is 24.5 Å². The minimum absolute atomic E-state index is 0.0685. The Hall–Kier alpha value is -3.49. The van der Waals surface area contributed by atoms with E-state index in [0.29, 0.717) is 49.3 Å². The lowest BCUT2D eigenvalue weighted by Gasteiger charge is -2.35. The number of amides is 1. The van der Waals surface area contributed by atoms with Gasteiger partial charge >= 0.3 is 0 Å². The Kier molecular flexibility index (Phi) is 5.60. The number of rotatable bonds is 5. The third-order valence-electron chi connectivity index (χ3n) is 5.03. The summed E-state index contributed by atoms with van der Waals surface area (Å²) in [5.74, 6) is 2.48. The van der Waals surface area contributed by atoms with E-state index in [-0.39, 0.29) is 11.8 Å². The predicted octanol–water partition coefficient (Wildman–Crippen LogP) is 2.62. The molecule has 0 N–H and O–H groups in total. The zero-order valence-corrected chi connectivity index (χ0v) is 17.3. The first-order valence-electron chi connectivity index (χ1n) is 9.90. The molecule has 9 nitrogen and oxygen atoms in total. The Morgan fingerprint density at radius 1 is 1.13 bits per heavy atom. The van der Waals surface area contributed by atoms with E-state index in [0.717, 1.165) is 11.4 Å². The van der Waals surface area contributed by atoms with Gasteiger partial charge in [0.2, 0.25) is 17.6 Å². The lowest BCUT2D eigenvalue weighted by molar-refractivity contribution is 0.0742. The fourth-order valence-corrected chi connectivity index (χ4v) is 3.32. The topological polar surface area (TPSA) is 97.5 Å². The first-order chi connectivity index (χ1) is 14.6. The van der Waals surface area contributed by atoms with Gasteiger partial charge < -0.3 is 19.1 Å². The van der Waals surface area contributed by atoms with Crippen LogP contribution < -0.4 is 9.64 Å². The molecule has 4 rings (SSSR count). The number of aromatic nitrogens is 4. The average molecular weight is 408 g/mol. The van der Waals surface area contributed by atoms with Gasteiger partial charge in [0.05, 0.1) is 7.11 Å². The van der Waals surface area contributed by atoms with Crippen molar-refractivity contribution in [2.45, 2.75) is 19.8 Å². The summed E-state index contributed by atoms with van der Waals surface area (Å²) >= 11 is 0. The van der Waals surface area contributed by atoms with E-state index < -0.39 is 0 Å². The summed E-state index contributed by atoms with van der Waals surface area (Å²) in [6.45, 7) is 6.60. The predicted molar refractivity (Wildman–Crippen MR) is 111 cm³/mol. The van der Waals surface area contributed by atoms with Gasteiger partial charge in [-0.1, -0.05) is 19.0 Å². The number of pyridine rings is 2. The number of hydrogen-bond donors (Lipinski definition) is 0. The van der Waals surface area contributed by atoms with Crippen molar-refractivity contribution in [2.24, 2.45) is 0 Å². The fourth-order valence-electron chi connectivity index (χ4n) is 3.32. The third kappa shape index (κ3) is 3.96. The minimum Gasteiger partial charge on any atom is -0.480 e. The molecule has 156 valence electrons. The van der Waals surface area contributed by atoms with Crippen molar-refractivity contribution < 1.29 is 14.1 Å². The molecule has 0 bridgehead atoms. The fraction of sp³-hybridized carbons (Fsp3) is 0.381. The molecule has 0 aromatic carbocycles. The molecule has 0 saturated carbocycles. The summed E-state index contributed by atoms with van der Waals surface area (Å²) in [6.07, 6.45) is 3.36. The number of carbonyl (C=O) groups is 1. The van der Waals surface area contributed by atoms with E-state index in [1.807, 2.05) is 30.9 Å². The van der Waals surface area contributed by atoms with Crippen molar-refractivity contribution in [1.29, 1.82) is 0 Å². The van der Waals surface area contributed by atoms with Crippen LogP contribution in [0.25, 0.3) is 11.4 Å². The molecule has 1 amide bonds. The Bertz CT molecular complexity index is 1010. The summed E-state index contributed by atoms with van der Waals surface area (Å²) in [6, 6.07) is 7.37. The van der Waals surface area contributed by atoms with Crippen LogP contribution in [0.5, 0.6) is 5.88 Å². The molecule has 1 saturated heterocycles. The highest BCUT2D eigenvalue weighted by Crippen LogP contribution is 2.22. The van der Waals surface area contributed by atoms with E-state index in [2.05, 4.69) is 25.0 Å². The van der Waals surface area contributed by atoms with Gasteiger partial charge in [0.25, 0.3) is 5.91 Å². The molecule has 0 atom stereocenters. The van der Waals surface area contributed by atoms with Gasteiger partial charge in [-0.25, -0.2) is 9.97 Å².